The Labute approximate surface area is 117 Å². The standard InChI is InChI=1S/C18H14O2/c19-18(20)17-9-8-15-11-14(6-7-16(15)12-17)10-13-4-2-1-3-5-13/h1-9,11-12H,10H2,(H,19,20). The van der Waals surface area contributed by atoms with Crippen LogP contribution in [0.25, 0.3) is 10.8 Å². The van der Waals surface area contributed by atoms with Gasteiger partial charge >= 0.3 is 5.97 Å². The SMILES string of the molecule is O=C(O)c1ccc2cc(Cc3ccccc3)ccc2c1. The lowest BCUT2D eigenvalue weighted by molar-refractivity contribution is 0.0697. The van der Waals surface area contributed by atoms with Crippen molar-refractivity contribution in [2.45, 2.75) is 6.42 Å². The maximum atomic E-state index is 11.0. The van der Waals surface area contributed by atoms with Gasteiger partial charge in [0.1, 0.15) is 0 Å². The van der Waals surface area contributed by atoms with Crippen LogP contribution in [0.5, 0.6) is 0 Å². The summed E-state index contributed by atoms with van der Waals surface area (Å²) in [5.74, 6) is -0.889. The lowest BCUT2D eigenvalue weighted by Crippen LogP contribution is -1.95. The van der Waals surface area contributed by atoms with Crippen molar-refractivity contribution < 1.29 is 9.90 Å². The zero-order valence-electron chi connectivity index (χ0n) is 10.9. The summed E-state index contributed by atoms with van der Waals surface area (Å²) in [6.45, 7) is 0. The van der Waals surface area contributed by atoms with E-state index >= 15 is 0 Å². The summed E-state index contributed by atoms with van der Waals surface area (Å²) in [6, 6.07) is 21.7. The summed E-state index contributed by atoms with van der Waals surface area (Å²) < 4.78 is 0. The fourth-order valence-corrected chi connectivity index (χ4v) is 2.37. The van der Waals surface area contributed by atoms with Crippen LogP contribution in [0.1, 0.15) is 21.5 Å². The predicted octanol–water partition coefficient (Wildman–Crippen LogP) is 4.13. The minimum Gasteiger partial charge on any atom is -0.478 e. The van der Waals surface area contributed by atoms with E-state index in [-0.39, 0.29) is 0 Å². The van der Waals surface area contributed by atoms with Gasteiger partial charge in [0.25, 0.3) is 0 Å². The number of hydrogen-bond acceptors (Lipinski definition) is 1. The van der Waals surface area contributed by atoms with Gasteiger partial charge in [0.2, 0.25) is 0 Å². The number of benzene rings is 3. The quantitative estimate of drug-likeness (QED) is 0.770. The Hall–Kier alpha value is -2.61. The highest BCUT2D eigenvalue weighted by molar-refractivity contribution is 5.94. The highest BCUT2D eigenvalue weighted by Gasteiger charge is 2.04. The van der Waals surface area contributed by atoms with Crippen LogP contribution in [0.2, 0.25) is 0 Å². The van der Waals surface area contributed by atoms with Crippen molar-refractivity contribution in [3.05, 3.63) is 83.4 Å². The number of carboxylic acids is 1. The molecule has 1 N–H and O–H groups in total. The number of fused-ring (bicyclic) bond motifs is 1. The maximum absolute atomic E-state index is 11.0. The Morgan fingerprint density at radius 2 is 1.50 bits per heavy atom. The van der Waals surface area contributed by atoms with Gasteiger partial charge in [-0.05, 0) is 40.5 Å². The van der Waals surface area contributed by atoms with Crippen LogP contribution in [-0.4, -0.2) is 11.1 Å². The zero-order chi connectivity index (χ0) is 13.9. The largest absolute Gasteiger partial charge is 0.478 e. The van der Waals surface area contributed by atoms with Gasteiger partial charge in [0.15, 0.2) is 0 Å². The summed E-state index contributed by atoms with van der Waals surface area (Å²) in [7, 11) is 0. The third kappa shape index (κ3) is 2.54. The fraction of sp³-hybridized carbons (Fsp3) is 0.0556. The molecule has 0 aliphatic carbocycles. The first-order chi connectivity index (χ1) is 9.72. The van der Waals surface area contributed by atoms with Gasteiger partial charge in [0, 0.05) is 0 Å². The molecule has 2 heteroatoms. The van der Waals surface area contributed by atoms with Crippen molar-refractivity contribution in [1.82, 2.24) is 0 Å². The summed E-state index contributed by atoms with van der Waals surface area (Å²) in [4.78, 5) is 11.0. The van der Waals surface area contributed by atoms with Crippen LogP contribution >= 0.6 is 0 Å². The summed E-state index contributed by atoms with van der Waals surface area (Å²) in [6.07, 6.45) is 0.886. The van der Waals surface area contributed by atoms with E-state index in [0.717, 1.165) is 17.2 Å². The van der Waals surface area contributed by atoms with Crippen molar-refractivity contribution in [1.29, 1.82) is 0 Å². The topological polar surface area (TPSA) is 37.3 Å². The molecule has 3 aromatic rings. The zero-order valence-corrected chi connectivity index (χ0v) is 10.9. The van der Waals surface area contributed by atoms with Crippen LogP contribution in [0.3, 0.4) is 0 Å². The number of carbonyl (C=O) groups is 1. The molecule has 0 bridgehead atoms. The maximum Gasteiger partial charge on any atom is 0.335 e. The molecule has 0 aromatic heterocycles. The fourth-order valence-electron chi connectivity index (χ4n) is 2.37. The molecule has 0 heterocycles. The molecular weight excluding hydrogens is 248 g/mol. The molecule has 0 atom stereocenters. The van der Waals surface area contributed by atoms with E-state index in [1.165, 1.54) is 11.1 Å². The van der Waals surface area contributed by atoms with Crippen LogP contribution in [-0.2, 0) is 6.42 Å². The molecule has 0 spiro atoms. The van der Waals surface area contributed by atoms with Crippen molar-refractivity contribution >= 4 is 16.7 Å². The number of rotatable bonds is 3. The van der Waals surface area contributed by atoms with Crippen LogP contribution < -0.4 is 0 Å². The molecule has 0 saturated heterocycles. The second kappa shape index (κ2) is 5.17. The van der Waals surface area contributed by atoms with Crippen LogP contribution in [0, 0.1) is 0 Å². The van der Waals surface area contributed by atoms with Gasteiger partial charge in [-0.25, -0.2) is 4.79 Å². The van der Waals surface area contributed by atoms with E-state index in [0.29, 0.717) is 5.56 Å². The third-order valence-electron chi connectivity index (χ3n) is 3.40. The predicted molar refractivity (Wildman–Crippen MR) is 80.2 cm³/mol. The Bertz CT molecular complexity index is 761. The molecule has 0 amide bonds. The minimum atomic E-state index is -0.889. The van der Waals surface area contributed by atoms with Crippen molar-refractivity contribution in [3.8, 4) is 0 Å². The van der Waals surface area contributed by atoms with Gasteiger partial charge in [-0.2, -0.15) is 0 Å². The molecule has 20 heavy (non-hydrogen) atoms. The Morgan fingerprint density at radius 1 is 0.800 bits per heavy atom. The Kier molecular flexibility index (Phi) is 3.21. The minimum absolute atomic E-state index is 0.327. The first kappa shape index (κ1) is 12.4. The van der Waals surface area contributed by atoms with Gasteiger partial charge in [-0.1, -0.05) is 54.6 Å². The third-order valence-corrected chi connectivity index (χ3v) is 3.40. The molecule has 0 radical (unpaired) electrons. The molecular formula is C18H14O2. The molecule has 0 saturated carbocycles. The smallest absolute Gasteiger partial charge is 0.335 e. The lowest BCUT2D eigenvalue weighted by atomic mass is 10.00. The van der Waals surface area contributed by atoms with Crippen molar-refractivity contribution in [2.75, 3.05) is 0 Å². The summed E-state index contributed by atoms with van der Waals surface area (Å²) in [5, 5.41) is 11.0. The highest BCUT2D eigenvalue weighted by Crippen LogP contribution is 2.20. The molecule has 2 nitrogen and oxygen atoms in total. The van der Waals surface area contributed by atoms with Crippen molar-refractivity contribution in [2.24, 2.45) is 0 Å². The molecule has 3 aromatic carbocycles. The van der Waals surface area contributed by atoms with Crippen LogP contribution in [0.15, 0.2) is 66.7 Å². The second-order valence-electron chi connectivity index (χ2n) is 4.86. The summed E-state index contributed by atoms with van der Waals surface area (Å²) in [5.41, 5.74) is 2.83. The van der Waals surface area contributed by atoms with Crippen LogP contribution in [0.4, 0.5) is 0 Å². The summed E-state index contributed by atoms with van der Waals surface area (Å²) >= 11 is 0. The van der Waals surface area contributed by atoms with E-state index in [9.17, 15) is 4.79 Å². The number of carboxylic acid groups (broad SMARTS) is 1. The first-order valence-corrected chi connectivity index (χ1v) is 6.52. The molecule has 98 valence electrons. The number of hydrogen-bond donors (Lipinski definition) is 1. The Morgan fingerprint density at radius 3 is 2.25 bits per heavy atom. The van der Waals surface area contributed by atoms with E-state index in [1.54, 1.807) is 12.1 Å². The second-order valence-corrected chi connectivity index (χ2v) is 4.86. The van der Waals surface area contributed by atoms with E-state index in [2.05, 4.69) is 24.3 Å². The monoisotopic (exact) mass is 262 g/mol. The molecule has 0 aliphatic rings. The van der Waals surface area contributed by atoms with Gasteiger partial charge in [0.05, 0.1) is 5.56 Å². The van der Waals surface area contributed by atoms with Gasteiger partial charge in [-0.15, -0.1) is 0 Å². The molecule has 3 rings (SSSR count). The van der Waals surface area contributed by atoms with E-state index in [4.69, 9.17) is 5.11 Å². The molecule has 0 aliphatic heterocycles. The highest BCUT2D eigenvalue weighted by atomic mass is 16.4. The average Bonchev–Trinajstić information content (AvgIpc) is 2.47. The van der Waals surface area contributed by atoms with Crippen molar-refractivity contribution in [3.63, 3.8) is 0 Å². The van der Waals surface area contributed by atoms with E-state index in [1.807, 2.05) is 30.3 Å². The molecule has 0 unspecified atom stereocenters. The Balaban J connectivity index is 1.95. The average molecular weight is 262 g/mol. The lowest BCUT2D eigenvalue weighted by Gasteiger charge is -2.05. The normalized spacial score (nSPS) is 10.6. The first-order valence-electron chi connectivity index (χ1n) is 6.52. The van der Waals surface area contributed by atoms with Gasteiger partial charge < -0.3 is 5.11 Å². The van der Waals surface area contributed by atoms with E-state index < -0.39 is 5.97 Å². The van der Waals surface area contributed by atoms with Gasteiger partial charge in [-0.3, -0.25) is 0 Å². The molecule has 0 fully saturated rings. The number of aromatic carboxylic acids is 1.